The van der Waals surface area contributed by atoms with E-state index < -0.39 is 0 Å². The fourth-order valence-electron chi connectivity index (χ4n) is 1.63. The first kappa shape index (κ1) is 14.8. The van der Waals surface area contributed by atoms with Gasteiger partial charge in [-0.15, -0.1) is 0 Å². The Kier molecular flexibility index (Phi) is 5.48. The molecule has 2 aromatic rings. The second-order valence-corrected chi connectivity index (χ2v) is 4.15. The average Bonchev–Trinajstić information content (AvgIpc) is 2.39. The number of rotatable bonds is 3. The van der Waals surface area contributed by atoms with Gasteiger partial charge in [0.05, 0.1) is 17.6 Å². The van der Waals surface area contributed by atoms with Crippen molar-refractivity contribution in [2.45, 2.75) is 26.2 Å². The number of para-hydroxylation sites is 1. The van der Waals surface area contributed by atoms with Crippen LogP contribution in [-0.4, -0.2) is 15.1 Å². The molecule has 18 heavy (non-hydrogen) atoms. The molecule has 0 radical (unpaired) electrons. The molecular formula is C14H16N2OPt. The zero-order chi connectivity index (χ0) is 12.3. The minimum atomic E-state index is 0. The van der Waals surface area contributed by atoms with Crippen molar-refractivity contribution in [2.75, 3.05) is 0 Å². The molecule has 0 saturated heterocycles. The van der Waals surface area contributed by atoms with E-state index in [-0.39, 0.29) is 26.8 Å². The molecule has 1 atom stereocenters. The summed E-state index contributed by atoms with van der Waals surface area (Å²) in [6.07, 6.45) is 4.55. The van der Waals surface area contributed by atoms with Gasteiger partial charge < -0.3 is 5.11 Å². The van der Waals surface area contributed by atoms with Gasteiger partial charge >= 0.3 is 0 Å². The van der Waals surface area contributed by atoms with Crippen LogP contribution in [0.1, 0.15) is 31.9 Å². The molecule has 0 bridgehead atoms. The molecule has 1 heterocycles. The Balaban J connectivity index is 0.00000162. The molecule has 0 aliphatic carbocycles. The molecule has 4 heteroatoms. The molecule has 0 spiro atoms. The fraction of sp³-hybridized carbons (Fsp3) is 0.286. The SMILES string of the molecule is CCC(C)c1cnc(-c2ccccc2O)cn1.[Pt]. The molecule has 0 saturated carbocycles. The standard InChI is InChI=1S/C14H16N2O.Pt/c1-3-10(2)12-8-16-13(9-15-12)11-6-4-5-7-14(11)17;/h4-10,17H,3H2,1-2H3;. The number of hydrogen-bond acceptors (Lipinski definition) is 3. The normalized spacial score (nSPS) is 11.7. The van der Waals surface area contributed by atoms with Gasteiger partial charge in [0.15, 0.2) is 0 Å². The minimum Gasteiger partial charge on any atom is -0.507 e. The van der Waals surface area contributed by atoms with Crippen molar-refractivity contribution in [1.82, 2.24) is 9.97 Å². The summed E-state index contributed by atoms with van der Waals surface area (Å²) in [6.45, 7) is 4.26. The molecule has 1 aromatic carbocycles. The number of aromatic hydroxyl groups is 1. The number of phenolic OH excluding ortho intramolecular Hbond substituents is 1. The topological polar surface area (TPSA) is 46.0 Å². The average molecular weight is 423 g/mol. The third-order valence-electron chi connectivity index (χ3n) is 2.97. The monoisotopic (exact) mass is 423 g/mol. The quantitative estimate of drug-likeness (QED) is 0.824. The van der Waals surface area contributed by atoms with Crippen LogP contribution in [-0.2, 0) is 21.1 Å². The summed E-state index contributed by atoms with van der Waals surface area (Å²) >= 11 is 0. The van der Waals surface area contributed by atoms with Gasteiger partial charge in [-0.2, -0.15) is 0 Å². The predicted molar refractivity (Wildman–Crippen MR) is 67.8 cm³/mol. The summed E-state index contributed by atoms with van der Waals surface area (Å²) in [5, 5.41) is 9.72. The molecule has 3 nitrogen and oxygen atoms in total. The minimum absolute atomic E-state index is 0. The first-order chi connectivity index (χ1) is 8.22. The fourth-order valence-corrected chi connectivity index (χ4v) is 1.63. The molecular weight excluding hydrogens is 407 g/mol. The van der Waals surface area contributed by atoms with Crippen LogP contribution in [0.5, 0.6) is 5.75 Å². The van der Waals surface area contributed by atoms with Crippen molar-refractivity contribution >= 4 is 0 Å². The number of nitrogens with zero attached hydrogens (tertiary/aromatic N) is 2. The van der Waals surface area contributed by atoms with Gasteiger partial charge in [-0.25, -0.2) is 0 Å². The van der Waals surface area contributed by atoms with E-state index in [1.165, 1.54) is 0 Å². The van der Waals surface area contributed by atoms with Crippen LogP contribution >= 0.6 is 0 Å². The largest absolute Gasteiger partial charge is 0.507 e. The summed E-state index contributed by atoms with van der Waals surface area (Å²) in [6, 6.07) is 7.15. The molecule has 0 aliphatic rings. The maximum Gasteiger partial charge on any atom is 0.125 e. The van der Waals surface area contributed by atoms with Crippen LogP contribution in [0.15, 0.2) is 36.7 Å². The van der Waals surface area contributed by atoms with Gasteiger partial charge in [0, 0.05) is 32.8 Å². The molecule has 1 unspecified atom stereocenters. The van der Waals surface area contributed by atoms with Gasteiger partial charge in [0.2, 0.25) is 0 Å². The van der Waals surface area contributed by atoms with Crippen molar-refractivity contribution in [3.05, 3.63) is 42.4 Å². The van der Waals surface area contributed by atoms with Crippen LogP contribution in [0.3, 0.4) is 0 Å². The number of hydrogen-bond donors (Lipinski definition) is 1. The summed E-state index contributed by atoms with van der Waals surface area (Å²) in [5.41, 5.74) is 2.41. The maximum absolute atomic E-state index is 9.72. The van der Waals surface area contributed by atoms with Crippen LogP contribution in [0.25, 0.3) is 11.3 Å². The van der Waals surface area contributed by atoms with E-state index in [4.69, 9.17) is 0 Å². The first-order valence-corrected chi connectivity index (χ1v) is 5.82. The Morgan fingerprint density at radius 3 is 2.44 bits per heavy atom. The van der Waals surface area contributed by atoms with Gasteiger partial charge in [-0.05, 0) is 24.5 Å². The molecule has 2 rings (SSSR count). The Morgan fingerprint density at radius 2 is 1.89 bits per heavy atom. The number of aromatic nitrogens is 2. The van der Waals surface area contributed by atoms with Crippen molar-refractivity contribution in [3.63, 3.8) is 0 Å². The molecule has 98 valence electrons. The second-order valence-electron chi connectivity index (χ2n) is 4.15. The van der Waals surface area contributed by atoms with E-state index in [0.29, 0.717) is 11.6 Å². The summed E-state index contributed by atoms with van der Waals surface area (Å²) in [5.74, 6) is 0.652. The van der Waals surface area contributed by atoms with Crippen LogP contribution in [0, 0.1) is 0 Å². The first-order valence-electron chi connectivity index (χ1n) is 5.82. The van der Waals surface area contributed by atoms with Crippen LogP contribution in [0.4, 0.5) is 0 Å². The van der Waals surface area contributed by atoms with Crippen molar-refractivity contribution < 1.29 is 26.2 Å². The van der Waals surface area contributed by atoms with Gasteiger partial charge in [0.25, 0.3) is 0 Å². The van der Waals surface area contributed by atoms with Gasteiger partial charge in [-0.3, -0.25) is 9.97 Å². The molecule has 0 aliphatic heterocycles. The number of phenols is 1. The Bertz CT molecular complexity index is 499. The molecule has 1 N–H and O–H groups in total. The van der Waals surface area contributed by atoms with E-state index in [1.807, 2.05) is 12.1 Å². The van der Waals surface area contributed by atoms with Crippen LogP contribution in [0.2, 0.25) is 0 Å². The van der Waals surface area contributed by atoms with Gasteiger partial charge in [0.1, 0.15) is 5.75 Å². The maximum atomic E-state index is 9.72. The Morgan fingerprint density at radius 1 is 1.17 bits per heavy atom. The zero-order valence-corrected chi connectivity index (χ0v) is 12.7. The van der Waals surface area contributed by atoms with E-state index >= 15 is 0 Å². The van der Waals surface area contributed by atoms with E-state index in [9.17, 15) is 5.11 Å². The van der Waals surface area contributed by atoms with Crippen molar-refractivity contribution in [1.29, 1.82) is 0 Å². The zero-order valence-electron chi connectivity index (χ0n) is 10.4. The van der Waals surface area contributed by atoms with E-state index in [2.05, 4.69) is 23.8 Å². The summed E-state index contributed by atoms with van der Waals surface area (Å²) in [7, 11) is 0. The van der Waals surface area contributed by atoms with Crippen molar-refractivity contribution in [2.24, 2.45) is 0 Å². The van der Waals surface area contributed by atoms with Crippen LogP contribution < -0.4 is 0 Å². The smallest absolute Gasteiger partial charge is 0.125 e. The third-order valence-corrected chi connectivity index (χ3v) is 2.97. The van der Waals surface area contributed by atoms with E-state index in [1.54, 1.807) is 24.5 Å². The molecule has 1 aromatic heterocycles. The van der Waals surface area contributed by atoms with Crippen molar-refractivity contribution in [3.8, 4) is 17.0 Å². The summed E-state index contributed by atoms with van der Waals surface area (Å²) < 4.78 is 0. The van der Waals surface area contributed by atoms with E-state index in [0.717, 1.165) is 17.7 Å². The summed E-state index contributed by atoms with van der Waals surface area (Å²) in [4.78, 5) is 8.75. The second kappa shape index (κ2) is 6.65. The third kappa shape index (κ3) is 3.17. The Labute approximate surface area is 122 Å². The molecule has 0 amide bonds. The predicted octanol–water partition coefficient (Wildman–Crippen LogP) is 3.36. The molecule has 0 fully saturated rings. The number of benzene rings is 1. The van der Waals surface area contributed by atoms with Gasteiger partial charge in [-0.1, -0.05) is 26.0 Å². The Hall–Kier alpha value is -1.21.